The van der Waals surface area contributed by atoms with E-state index in [0.717, 1.165) is 5.56 Å². The zero-order valence-corrected chi connectivity index (χ0v) is 9.80. The number of nitrogens with two attached hydrogens (primary N) is 1. The molecule has 0 saturated carbocycles. The van der Waals surface area contributed by atoms with E-state index in [4.69, 9.17) is 15.9 Å². The Balaban J connectivity index is 2.31. The van der Waals surface area contributed by atoms with Crippen LogP contribution in [0.1, 0.15) is 12.0 Å². The minimum atomic E-state index is -1.10. The molecule has 6 heteroatoms. The molecule has 1 atom stereocenters. The summed E-state index contributed by atoms with van der Waals surface area (Å²) in [5.74, 6) is -1.39. The summed E-state index contributed by atoms with van der Waals surface area (Å²) in [7, 11) is 0. The number of carbonyl (C=O) groups is 2. The number of carbonyl (C=O) groups excluding carboxylic acids is 1. The first-order valence-electron chi connectivity index (χ1n) is 5.52. The molecule has 0 aliphatic rings. The molecule has 0 fully saturated rings. The monoisotopic (exact) mass is 252 g/mol. The number of phenolic OH excluding ortho intramolecular Hbond substituents is 1. The van der Waals surface area contributed by atoms with Crippen LogP contribution >= 0.6 is 0 Å². The normalized spacial score (nSPS) is 11.8. The van der Waals surface area contributed by atoms with Crippen molar-refractivity contribution in [1.82, 2.24) is 5.32 Å². The van der Waals surface area contributed by atoms with Gasteiger partial charge in [-0.1, -0.05) is 12.1 Å². The van der Waals surface area contributed by atoms with E-state index < -0.39 is 17.9 Å². The van der Waals surface area contributed by atoms with Crippen molar-refractivity contribution in [2.24, 2.45) is 5.73 Å². The number of carboxylic acids is 1. The first kappa shape index (κ1) is 14.0. The van der Waals surface area contributed by atoms with Gasteiger partial charge in [0.25, 0.3) is 0 Å². The van der Waals surface area contributed by atoms with Gasteiger partial charge in [0.15, 0.2) is 0 Å². The lowest BCUT2D eigenvalue weighted by atomic mass is 10.1. The summed E-state index contributed by atoms with van der Waals surface area (Å²) in [5, 5.41) is 20.1. The zero-order chi connectivity index (χ0) is 13.5. The first-order valence-corrected chi connectivity index (χ1v) is 5.52. The van der Waals surface area contributed by atoms with Crippen molar-refractivity contribution in [3.8, 4) is 5.75 Å². The van der Waals surface area contributed by atoms with Crippen LogP contribution in [-0.4, -0.2) is 34.7 Å². The third kappa shape index (κ3) is 4.84. The molecule has 0 spiro atoms. The first-order chi connectivity index (χ1) is 8.49. The summed E-state index contributed by atoms with van der Waals surface area (Å²) in [6, 6.07) is 5.60. The van der Waals surface area contributed by atoms with Crippen molar-refractivity contribution < 1.29 is 19.8 Å². The van der Waals surface area contributed by atoms with Gasteiger partial charge in [-0.15, -0.1) is 0 Å². The smallest absolute Gasteiger partial charge is 0.305 e. The Labute approximate surface area is 104 Å². The summed E-state index contributed by atoms with van der Waals surface area (Å²) in [6.07, 6.45) is 0.205. The van der Waals surface area contributed by atoms with E-state index in [2.05, 4.69) is 5.32 Å². The van der Waals surface area contributed by atoms with Gasteiger partial charge in [0.2, 0.25) is 5.91 Å². The molecule has 0 heterocycles. The molecule has 1 rings (SSSR count). The Bertz CT molecular complexity index is 417. The molecule has 0 aliphatic heterocycles. The zero-order valence-electron chi connectivity index (χ0n) is 9.80. The largest absolute Gasteiger partial charge is 0.508 e. The number of benzene rings is 1. The second-order valence-electron chi connectivity index (χ2n) is 3.91. The lowest BCUT2D eigenvalue weighted by Crippen LogP contribution is -2.42. The minimum absolute atomic E-state index is 0.186. The SMILES string of the molecule is NC(CC(=O)O)C(=O)NCCc1ccc(O)cc1. The Morgan fingerprint density at radius 1 is 1.28 bits per heavy atom. The molecule has 1 aromatic carbocycles. The van der Waals surface area contributed by atoms with Gasteiger partial charge >= 0.3 is 5.97 Å². The van der Waals surface area contributed by atoms with Gasteiger partial charge in [-0.2, -0.15) is 0 Å². The number of aromatic hydroxyl groups is 1. The molecular formula is C12H16N2O4. The lowest BCUT2D eigenvalue weighted by molar-refractivity contribution is -0.139. The second kappa shape index (κ2) is 6.61. The Morgan fingerprint density at radius 2 is 1.89 bits per heavy atom. The maximum atomic E-state index is 11.4. The van der Waals surface area contributed by atoms with Crippen molar-refractivity contribution >= 4 is 11.9 Å². The predicted molar refractivity (Wildman–Crippen MR) is 65.0 cm³/mol. The van der Waals surface area contributed by atoms with Gasteiger partial charge in [0, 0.05) is 6.54 Å². The molecular weight excluding hydrogens is 236 g/mol. The molecule has 0 aromatic heterocycles. The molecule has 18 heavy (non-hydrogen) atoms. The molecule has 1 amide bonds. The van der Waals surface area contributed by atoms with Crippen LogP contribution in [-0.2, 0) is 16.0 Å². The van der Waals surface area contributed by atoms with Crippen molar-refractivity contribution in [3.05, 3.63) is 29.8 Å². The van der Waals surface area contributed by atoms with E-state index >= 15 is 0 Å². The van der Waals surface area contributed by atoms with Crippen LogP contribution in [0.4, 0.5) is 0 Å². The van der Waals surface area contributed by atoms with Crippen LogP contribution in [0.2, 0.25) is 0 Å². The van der Waals surface area contributed by atoms with Gasteiger partial charge in [-0.05, 0) is 24.1 Å². The fourth-order valence-electron chi connectivity index (χ4n) is 1.40. The van der Waals surface area contributed by atoms with Crippen LogP contribution in [0.3, 0.4) is 0 Å². The summed E-state index contributed by atoms with van der Waals surface area (Å²) >= 11 is 0. The van der Waals surface area contributed by atoms with Crippen molar-refractivity contribution in [1.29, 1.82) is 0 Å². The van der Waals surface area contributed by atoms with Crippen molar-refractivity contribution in [2.75, 3.05) is 6.54 Å². The summed E-state index contributed by atoms with van der Waals surface area (Å²) < 4.78 is 0. The quantitative estimate of drug-likeness (QED) is 0.562. The fourth-order valence-corrected chi connectivity index (χ4v) is 1.40. The van der Waals surface area contributed by atoms with E-state index in [1.54, 1.807) is 24.3 Å². The van der Waals surface area contributed by atoms with Crippen LogP contribution in [0.5, 0.6) is 5.75 Å². The van der Waals surface area contributed by atoms with E-state index in [0.29, 0.717) is 13.0 Å². The van der Waals surface area contributed by atoms with Crippen molar-refractivity contribution in [2.45, 2.75) is 18.9 Å². The fraction of sp³-hybridized carbons (Fsp3) is 0.333. The molecule has 0 aliphatic carbocycles. The van der Waals surface area contributed by atoms with Crippen LogP contribution in [0.15, 0.2) is 24.3 Å². The predicted octanol–water partition coefficient (Wildman–Crippen LogP) is -0.147. The number of hydrogen-bond donors (Lipinski definition) is 4. The van der Waals surface area contributed by atoms with E-state index in [9.17, 15) is 9.59 Å². The third-order valence-electron chi connectivity index (χ3n) is 2.38. The van der Waals surface area contributed by atoms with Gasteiger partial charge in [0.1, 0.15) is 5.75 Å². The van der Waals surface area contributed by atoms with E-state index in [1.807, 2.05) is 0 Å². The number of carboxylic acid groups (broad SMARTS) is 1. The number of phenols is 1. The molecule has 5 N–H and O–H groups in total. The van der Waals surface area contributed by atoms with Crippen molar-refractivity contribution in [3.63, 3.8) is 0 Å². The molecule has 6 nitrogen and oxygen atoms in total. The van der Waals surface area contributed by atoms with Gasteiger partial charge in [-0.3, -0.25) is 9.59 Å². The summed E-state index contributed by atoms with van der Waals surface area (Å²) in [4.78, 5) is 21.7. The van der Waals surface area contributed by atoms with Gasteiger partial charge in [-0.25, -0.2) is 0 Å². The highest BCUT2D eigenvalue weighted by Gasteiger charge is 2.16. The third-order valence-corrected chi connectivity index (χ3v) is 2.38. The van der Waals surface area contributed by atoms with Gasteiger partial charge < -0.3 is 21.3 Å². The topological polar surface area (TPSA) is 113 Å². The molecule has 0 saturated heterocycles. The lowest BCUT2D eigenvalue weighted by Gasteiger charge is -2.10. The molecule has 0 radical (unpaired) electrons. The number of nitrogens with one attached hydrogen (secondary N) is 1. The van der Waals surface area contributed by atoms with Crippen LogP contribution in [0.25, 0.3) is 0 Å². The maximum absolute atomic E-state index is 11.4. The minimum Gasteiger partial charge on any atom is -0.508 e. The van der Waals surface area contributed by atoms with E-state index in [1.165, 1.54) is 0 Å². The second-order valence-corrected chi connectivity index (χ2v) is 3.91. The molecule has 1 aromatic rings. The molecule has 98 valence electrons. The van der Waals surface area contributed by atoms with Crippen LogP contribution < -0.4 is 11.1 Å². The molecule has 1 unspecified atom stereocenters. The van der Waals surface area contributed by atoms with Crippen LogP contribution in [0, 0.1) is 0 Å². The average Bonchev–Trinajstić information content (AvgIpc) is 2.30. The van der Waals surface area contributed by atoms with Gasteiger partial charge in [0.05, 0.1) is 12.5 Å². The Morgan fingerprint density at radius 3 is 2.44 bits per heavy atom. The standard InChI is InChI=1S/C12H16N2O4/c13-10(7-11(16)17)12(18)14-6-5-8-1-3-9(15)4-2-8/h1-4,10,15H,5-7,13H2,(H,14,18)(H,16,17). The Hall–Kier alpha value is -2.08. The summed E-state index contributed by atoms with van der Waals surface area (Å²) in [5.41, 5.74) is 6.35. The highest BCUT2D eigenvalue weighted by molar-refractivity contribution is 5.85. The highest BCUT2D eigenvalue weighted by Crippen LogP contribution is 2.09. The molecule has 0 bridgehead atoms. The average molecular weight is 252 g/mol. The number of hydrogen-bond acceptors (Lipinski definition) is 4. The number of rotatable bonds is 6. The Kier molecular flexibility index (Phi) is 5.13. The highest BCUT2D eigenvalue weighted by atomic mass is 16.4. The number of aliphatic carboxylic acids is 1. The summed E-state index contributed by atoms with van der Waals surface area (Å²) in [6.45, 7) is 0.372. The number of amides is 1. The maximum Gasteiger partial charge on any atom is 0.305 e. The van der Waals surface area contributed by atoms with E-state index in [-0.39, 0.29) is 12.2 Å².